The van der Waals surface area contributed by atoms with E-state index in [1.807, 2.05) is 43.3 Å². The van der Waals surface area contributed by atoms with Gasteiger partial charge in [-0.3, -0.25) is 9.59 Å². The van der Waals surface area contributed by atoms with Crippen LogP contribution in [0.1, 0.15) is 36.8 Å². The summed E-state index contributed by atoms with van der Waals surface area (Å²) in [5.41, 5.74) is 4.55. The van der Waals surface area contributed by atoms with Crippen molar-refractivity contribution in [3.8, 4) is 11.1 Å². The minimum atomic E-state index is -0.856. The number of carbonyl (C=O) groups excluding carboxylic acids is 2. The molecule has 0 fully saturated rings. The average Bonchev–Trinajstić information content (AvgIpc) is 3.04. The molecule has 2 aromatic rings. The molecule has 0 radical (unpaired) electrons. The van der Waals surface area contributed by atoms with Gasteiger partial charge in [0.1, 0.15) is 6.61 Å². The van der Waals surface area contributed by atoms with Gasteiger partial charge in [0, 0.05) is 18.9 Å². The molecule has 30 heavy (non-hydrogen) atoms. The predicted molar refractivity (Wildman–Crippen MR) is 112 cm³/mol. The van der Waals surface area contributed by atoms with Crippen LogP contribution in [0.4, 0.5) is 4.79 Å². The zero-order valence-electron chi connectivity index (χ0n) is 16.9. The normalized spacial score (nSPS) is 13.1. The number of aliphatic carboxylic acids is 1. The number of hydrogen-bond acceptors (Lipinski definition) is 4. The molecule has 1 aliphatic rings. The molecule has 0 saturated heterocycles. The van der Waals surface area contributed by atoms with Crippen LogP contribution in [0.15, 0.2) is 48.5 Å². The second-order valence-electron chi connectivity index (χ2n) is 7.52. The van der Waals surface area contributed by atoms with E-state index >= 15 is 0 Å². The van der Waals surface area contributed by atoms with E-state index in [2.05, 4.69) is 22.8 Å². The first-order valence-corrected chi connectivity index (χ1v) is 10.0. The van der Waals surface area contributed by atoms with Crippen molar-refractivity contribution in [2.24, 2.45) is 5.92 Å². The fourth-order valence-corrected chi connectivity index (χ4v) is 3.72. The monoisotopic (exact) mass is 410 g/mol. The van der Waals surface area contributed by atoms with Crippen molar-refractivity contribution in [1.29, 1.82) is 0 Å². The fourth-order valence-electron chi connectivity index (χ4n) is 3.72. The molecule has 3 N–H and O–H groups in total. The van der Waals surface area contributed by atoms with Gasteiger partial charge in [0.25, 0.3) is 0 Å². The molecule has 2 aromatic carbocycles. The van der Waals surface area contributed by atoms with Crippen molar-refractivity contribution >= 4 is 18.0 Å². The van der Waals surface area contributed by atoms with E-state index in [-0.39, 0.29) is 37.3 Å². The van der Waals surface area contributed by atoms with Gasteiger partial charge in [-0.1, -0.05) is 55.5 Å². The summed E-state index contributed by atoms with van der Waals surface area (Å²) in [7, 11) is 0. The summed E-state index contributed by atoms with van der Waals surface area (Å²) in [4.78, 5) is 34.5. The van der Waals surface area contributed by atoms with Crippen molar-refractivity contribution in [3.05, 3.63) is 59.7 Å². The maximum Gasteiger partial charge on any atom is 0.407 e. The molecule has 0 heterocycles. The van der Waals surface area contributed by atoms with Crippen LogP contribution in [0.3, 0.4) is 0 Å². The Morgan fingerprint density at radius 3 is 2.20 bits per heavy atom. The zero-order chi connectivity index (χ0) is 21.5. The van der Waals surface area contributed by atoms with Gasteiger partial charge in [0.15, 0.2) is 0 Å². The van der Waals surface area contributed by atoms with Crippen LogP contribution in [0.5, 0.6) is 0 Å². The third kappa shape index (κ3) is 5.37. The van der Waals surface area contributed by atoms with Gasteiger partial charge in [-0.15, -0.1) is 0 Å². The predicted octanol–water partition coefficient (Wildman–Crippen LogP) is 3.14. The molecule has 0 spiro atoms. The quantitative estimate of drug-likeness (QED) is 0.589. The Labute approximate surface area is 175 Å². The van der Waals surface area contributed by atoms with Gasteiger partial charge in [0.2, 0.25) is 5.91 Å². The SMILES string of the molecule is CC(CCNC(=O)CNC(=O)OCC1c2ccccc2-c2ccccc21)CC(=O)O. The smallest absolute Gasteiger partial charge is 0.407 e. The van der Waals surface area contributed by atoms with Crippen LogP contribution in [-0.2, 0) is 14.3 Å². The molecular formula is C23H26N2O5. The van der Waals surface area contributed by atoms with Crippen LogP contribution in [-0.4, -0.2) is 42.8 Å². The number of rotatable bonds is 9. The lowest BCUT2D eigenvalue weighted by Crippen LogP contribution is -2.38. The van der Waals surface area contributed by atoms with Gasteiger partial charge < -0.3 is 20.5 Å². The second kappa shape index (κ2) is 9.91. The molecule has 0 bridgehead atoms. The maximum absolute atomic E-state index is 12.1. The van der Waals surface area contributed by atoms with E-state index in [0.29, 0.717) is 13.0 Å². The largest absolute Gasteiger partial charge is 0.481 e. The highest BCUT2D eigenvalue weighted by molar-refractivity contribution is 5.82. The lowest BCUT2D eigenvalue weighted by Gasteiger charge is -2.14. The first-order chi connectivity index (χ1) is 14.5. The van der Waals surface area contributed by atoms with Crippen LogP contribution in [0, 0.1) is 5.92 Å². The highest BCUT2D eigenvalue weighted by Gasteiger charge is 2.29. The third-order valence-corrected chi connectivity index (χ3v) is 5.22. The summed E-state index contributed by atoms with van der Waals surface area (Å²) < 4.78 is 5.38. The highest BCUT2D eigenvalue weighted by Crippen LogP contribution is 2.44. The molecule has 0 aromatic heterocycles. The van der Waals surface area contributed by atoms with Crippen LogP contribution < -0.4 is 10.6 Å². The van der Waals surface area contributed by atoms with Gasteiger partial charge in [-0.25, -0.2) is 4.79 Å². The fraction of sp³-hybridized carbons (Fsp3) is 0.348. The average molecular weight is 410 g/mol. The minimum absolute atomic E-state index is 0.0297. The Hall–Kier alpha value is -3.35. The number of carbonyl (C=O) groups is 3. The Balaban J connectivity index is 1.43. The first kappa shape index (κ1) is 21.4. The molecule has 0 aliphatic heterocycles. The van der Waals surface area contributed by atoms with E-state index in [1.54, 1.807) is 0 Å². The number of hydrogen-bond donors (Lipinski definition) is 3. The third-order valence-electron chi connectivity index (χ3n) is 5.22. The molecule has 2 amide bonds. The van der Waals surface area contributed by atoms with Crippen LogP contribution >= 0.6 is 0 Å². The lowest BCUT2D eigenvalue weighted by atomic mass is 9.98. The summed E-state index contributed by atoms with van der Waals surface area (Å²) in [6.07, 6.45) is -0.0251. The molecule has 1 atom stereocenters. The van der Waals surface area contributed by atoms with Crippen molar-refractivity contribution in [2.75, 3.05) is 19.7 Å². The van der Waals surface area contributed by atoms with Crippen molar-refractivity contribution in [3.63, 3.8) is 0 Å². The van der Waals surface area contributed by atoms with Gasteiger partial charge in [-0.05, 0) is 34.6 Å². The van der Waals surface area contributed by atoms with Gasteiger partial charge >= 0.3 is 12.1 Å². The maximum atomic E-state index is 12.1. The molecule has 1 aliphatic carbocycles. The Kier molecular flexibility index (Phi) is 7.06. The van der Waals surface area contributed by atoms with E-state index in [0.717, 1.165) is 22.3 Å². The number of ether oxygens (including phenoxy) is 1. The molecule has 7 nitrogen and oxygen atoms in total. The molecule has 158 valence electrons. The summed E-state index contributed by atoms with van der Waals surface area (Å²) >= 11 is 0. The lowest BCUT2D eigenvalue weighted by molar-refractivity contribution is -0.138. The number of carboxylic acids is 1. The number of carboxylic acid groups (broad SMARTS) is 1. The molecule has 1 unspecified atom stereocenters. The second-order valence-corrected chi connectivity index (χ2v) is 7.52. The summed E-state index contributed by atoms with van der Waals surface area (Å²) in [5, 5.41) is 13.8. The standard InChI is InChI=1S/C23H26N2O5/c1-15(12-22(27)28)10-11-24-21(26)13-25-23(29)30-14-20-18-8-4-2-6-16(18)17-7-3-5-9-19(17)20/h2-9,15,20H,10-14H2,1H3,(H,24,26)(H,25,29)(H,27,28). The zero-order valence-corrected chi connectivity index (χ0v) is 16.9. The van der Waals surface area contributed by atoms with Crippen LogP contribution in [0.2, 0.25) is 0 Å². The van der Waals surface area contributed by atoms with Crippen molar-refractivity contribution < 1.29 is 24.2 Å². The van der Waals surface area contributed by atoms with Crippen molar-refractivity contribution in [2.45, 2.75) is 25.7 Å². The van der Waals surface area contributed by atoms with Gasteiger partial charge in [0.05, 0.1) is 6.54 Å². The molecule has 3 rings (SSSR count). The topological polar surface area (TPSA) is 105 Å². The first-order valence-electron chi connectivity index (χ1n) is 10.0. The number of benzene rings is 2. The van der Waals surface area contributed by atoms with E-state index in [1.165, 1.54) is 0 Å². The Bertz CT molecular complexity index is 882. The summed E-state index contributed by atoms with van der Waals surface area (Å²) in [6.45, 7) is 2.17. The molecular weight excluding hydrogens is 384 g/mol. The molecule has 7 heteroatoms. The van der Waals surface area contributed by atoms with E-state index < -0.39 is 12.1 Å². The minimum Gasteiger partial charge on any atom is -0.481 e. The van der Waals surface area contributed by atoms with Crippen molar-refractivity contribution in [1.82, 2.24) is 10.6 Å². The Morgan fingerprint density at radius 1 is 1.00 bits per heavy atom. The number of amides is 2. The highest BCUT2D eigenvalue weighted by atomic mass is 16.5. The van der Waals surface area contributed by atoms with E-state index in [4.69, 9.17) is 9.84 Å². The number of fused-ring (bicyclic) bond motifs is 3. The summed E-state index contributed by atoms with van der Waals surface area (Å²) in [5.74, 6) is -1.26. The van der Waals surface area contributed by atoms with E-state index in [9.17, 15) is 14.4 Å². The molecule has 0 saturated carbocycles. The number of alkyl carbamates (subject to hydrolysis) is 1. The summed E-state index contributed by atoms with van der Waals surface area (Å²) in [6, 6.07) is 16.1. The van der Waals surface area contributed by atoms with Gasteiger partial charge in [-0.2, -0.15) is 0 Å². The Morgan fingerprint density at radius 2 is 1.60 bits per heavy atom. The number of nitrogens with one attached hydrogen (secondary N) is 2. The van der Waals surface area contributed by atoms with Crippen LogP contribution in [0.25, 0.3) is 11.1 Å².